The van der Waals surface area contributed by atoms with E-state index in [4.69, 9.17) is 9.47 Å². The summed E-state index contributed by atoms with van der Waals surface area (Å²) < 4.78 is 11.1. The first-order chi connectivity index (χ1) is 10.9. The van der Waals surface area contributed by atoms with Crippen LogP contribution in [0.1, 0.15) is 24.2 Å². The minimum absolute atomic E-state index is 0.0157. The molecule has 2 rings (SSSR count). The molecule has 2 aromatic rings. The average molecular weight is 320 g/mol. The average Bonchev–Trinajstić information content (AvgIpc) is 2.49. The Morgan fingerprint density at radius 3 is 2.26 bits per heavy atom. The number of aromatic carboxylic acids is 1. The van der Waals surface area contributed by atoms with Crippen molar-refractivity contribution in [2.75, 3.05) is 13.2 Å². The van der Waals surface area contributed by atoms with Gasteiger partial charge in [0.2, 0.25) is 0 Å². The molecule has 3 N–H and O–H groups in total. The van der Waals surface area contributed by atoms with Crippen LogP contribution in [0.25, 0.3) is 10.8 Å². The Bertz CT molecular complexity index is 693. The predicted octanol–water partition coefficient (Wildman–Crippen LogP) is 2.06. The van der Waals surface area contributed by atoms with Crippen molar-refractivity contribution < 1.29 is 29.6 Å². The first-order valence-electron chi connectivity index (χ1n) is 7.31. The lowest BCUT2D eigenvalue weighted by molar-refractivity contribution is 0.0686. The van der Waals surface area contributed by atoms with Gasteiger partial charge in [0.15, 0.2) is 0 Å². The Morgan fingerprint density at radius 2 is 1.65 bits per heavy atom. The maximum Gasteiger partial charge on any atom is 0.339 e. The molecular weight excluding hydrogens is 300 g/mol. The molecule has 0 saturated carbocycles. The maximum atomic E-state index is 11.4. The third kappa shape index (κ3) is 4.12. The summed E-state index contributed by atoms with van der Waals surface area (Å²) in [7, 11) is 0. The van der Waals surface area contributed by atoms with Crippen LogP contribution in [0.4, 0.5) is 0 Å². The summed E-state index contributed by atoms with van der Waals surface area (Å²) in [6.07, 6.45) is -1.34. The molecule has 0 aliphatic carbocycles. The van der Waals surface area contributed by atoms with Crippen LogP contribution >= 0.6 is 0 Å². The minimum atomic E-state index is -1.11. The molecule has 0 aromatic heterocycles. The molecule has 0 saturated heterocycles. The minimum Gasteiger partial charge on any atom is -0.490 e. The molecule has 23 heavy (non-hydrogen) atoms. The number of ether oxygens (including phenoxy) is 2. The summed E-state index contributed by atoms with van der Waals surface area (Å²) in [6.45, 7) is 3.29. The molecule has 0 radical (unpaired) electrons. The van der Waals surface area contributed by atoms with E-state index in [1.165, 1.54) is 6.07 Å². The van der Waals surface area contributed by atoms with E-state index in [9.17, 15) is 20.1 Å². The molecule has 0 spiro atoms. The SMILES string of the molecule is CC(O)COc1cccc2c(OCC(C)O)c(C(=O)O)ccc12. The molecule has 0 aliphatic rings. The van der Waals surface area contributed by atoms with Gasteiger partial charge in [0, 0.05) is 10.8 Å². The van der Waals surface area contributed by atoms with E-state index in [-0.39, 0.29) is 24.5 Å². The number of hydrogen-bond acceptors (Lipinski definition) is 5. The highest BCUT2D eigenvalue weighted by Gasteiger charge is 2.17. The van der Waals surface area contributed by atoms with Gasteiger partial charge < -0.3 is 24.8 Å². The quantitative estimate of drug-likeness (QED) is 0.722. The van der Waals surface area contributed by atoms with E-state index < -0.39 is 18.2 Å². The zero-order valence-electron chi connectivity index (χ0n) is 13.0. The van der Waals surface area contributed by atoms with Crippen LogP contribution in [0.3, 0.4) is 0 Å². The topological polar surface area (TPSA) is 96.2 Å². The van der Waals surface area contributed by atoms with E-state index in [0.29, 0.717) is 16.5 Å². The number of carboxylic acid groups (broad SMARTS) is 1. The number of rotatable bonds is 7. The van der Waals surface area contributed by atoms with E-state index in [0.717, 1.165) is 0 Å². The fraction of sp³-hybridized carbons (Fsp3) is 0.353. The van der Waals surface area contributed by atoms with Crippen molar-refractivity contribution in [3.05, 3.63) is 35.9 Å². The van der Waals surface area contributed by atoms with Gasteiger partial charge in [0.25, 0.3) is 0 Å². The summed E-state index contributed by atoms with van der Waals surface area (Å²) >= 11 is 0. The fourth-order valence-corrected chi connectivity index (χ4v) is 2.17. The Balaban J connectivity index is 2.51. The number of carbonyl (C=O) groups is 1. The standard InChI is InChI=1S/C17H20O6/c1-10(18)8-22-15-5-3-4-13-12(15)6-7-14(17(20)21)16(13)23-9-11(2)19/h3-7,10-11,18-19H,8-9H2,1-2H3,(H,20,21). The van der Waals surface area contributed by atoms with Crippen molar-refractivity contribution in [1.82, 2.24) is 0 Å². The second kappa shape index (κ2) is 7.30. The number of benzene rings is 2. The third-order valence-corrected chi connectivity index (χ3v) is 3.15. The molecule has 0 fully saturated rings. The Morgan fingerprint density at radius 1 is 1.00 bits per heavy atom. The second-order valence-electron chi connectivity index (χ2n) is 5.42. The molecule has 2 unspecified atom stereocenters. The Labute approximate surface area is 133 Å². The Hall–Kier alpha value is -2.31. The fourth-order valence-electron chi connectivity index (χ4n) is 2.17. The van der Waals surface area contributed by atoms with Crippen LogP contribution in [-0.4, -0.2) is 46.7 Å². The van der Waals surface area contributed by atoms with Crippen LogP contribution in [0.5, 0.6) is 11.5 Å². The van der Waals surface area contributed by atoms with Gasteiger partial charge in [-0.2, -0.15) is 0 Å². The molecule has 0 bridgehead atoms. The molecule has 6 heteroatoms. The van der Waals surface area contributed by atoms with E-state index in [2.05, 4.69) is 0 Å². The van der Waals surface area contributed by atoms with Crippen LogP contribution in [0.15, 0.2) is 30.3 Å². The summed E-state index contributed by atoms with van der Waals surface area (Å²) in [5, 5.41) is 29.3. The normalized spacial score (nSPS) is 13.6. The van der Waals surface area contributed by atoms with Gasteiger partial charge in [-0.3, -0.25) is 0 Å². The lowest BCUT2D eigenvalue weighted by Gasteiger charge is -2.16. The molecule has 124 valence electrons. The number of carboxylic acids is 1. The number of aliphatic hydroxyl groups excluding tert-OH is 2. The van der Waals surface area contributed by atoms with Gasteiger partial charge in [-0.05, 0) is 32.0 Å². The summed E-state index contributed by atoms with van der Waals surface area (Å²) in [5.74, 6) is -0.386. The molecule has 2 atom stereocenters. The molecule has 2 aromatic carbocycles. The molecule has 0 heterocycles. The Kier molecular flexibility index (Phi) is 5.41. The molecule has 6 nitrogen and oxygen atoms in total. The van der Waals surface area contributed by atoms with Gasteiger partial charge >= 0.3 is 5.97 Å². The van der Waals surface area contributed by atoms with Crippen molar-refractivity contribution in [2.24, 2.45) is 0 Å². The van der Waals surface area contributed by atoms with Crippen LogP contribution in [0.2, 0.25) is 0 Å². The monoisotopic (exact) mass is 320 g/mol. The van der Waals surface area contributed by atoms with Gasteiger partial charge in [0.1, 0.15) is 30.3 Å². The van der Waals surface area contributed by atoms with E-state index in [1.54, 1.807) is 38.1 Å². The number of hydrogen-bond donors (Lipinski definition) is 3. The number of aliphatic hydroxyl groups is 2. The van der Waals surface area contributed by atoms with Crippen molar-refractivity contribution in [3.8, 4) is 11.5 Å². The molecule has 0 aliphatic heterocycles. The van der Waals surface area contributed by atoms with Crippen LogP contribution < -0.4 is 9.47 Å². The van der Waals surface area contributed by atoms with Crippen molar-refractivity contribution in [2.45, 2.75) is 26.1 Å². The zero-order valence-corrected chi connectivity index (χ0v) is 13.0. The van der Waals surface area contributed by atoms with Crippen LogP contribution in [-0.2, 0) is 0 Å². The molecular formula is C17H20O6. The number of fused-ring (bicyclic) bond motifs is 1. The highest BCUT2D eigenvalue weighted by atomic mass is 16.5. The van der Waals surface area contributed by atoms with Crippen molar-refractivity contribution in [1.29, 1.82) is 0 Å². The van der Waals surface area contributed by atoms with Crippen LogP contribution in [0, 0.1) is 0 Å². The van der Waals surface area contributed by atoms with Crippen molar-refractivity contribution in [3.63, 3.8) is 0 Å². The lowest BCUT2D eigenvalue weighted by Crippen LogP contribution is -2.15. The summed E-state index contributed by atoms with van der Waals surface area (Å²) in [6, 6.07) is 8.28. The first kappa shape index (κ1) is 17.1. The first-order valence-corrected chi connectivity index (χ1v) is 7.31. The summed E-state index contributed by atoms with van der Waals surface area (Å²) in [5.41, 5.74) is 0.0193. The van der Waals surface area contributed by atoms with Gasteiger partial charge in [-0.1, -0.05) is 12.1 Å². The van der Waals surface area contributed by atoms with E-state index in [1.807, 2.05) is 0 Å². The predicted molar refractivity (Wildman–Crippen MR) is 85.3 cm³/mol. The third-order valence-electron chi connectivity index (χ3n) is 3.15. The second-order valence-corrected chi connectivity index (χ2v) is 5.42. The highest BCUT2D eigenvalue weighted by Crippen LogP contribution is 2.35. The van der Waals surface area contributed by atoms with Gasteiger partial charge in [-0.15, -0.1) is 0 Å². The maximum absolute atomic E-state index is 11.4. The largest absolute Gasteiger partial charge is 0.490 e. The smallest absolute Gasteiger partial charge is 0.339 e. The van der Waals surface area contributed by atoms with Gasteiger partial charge in [-0.25, -0.2) is 4.79 Å². The van der Waals surface area contributed by atoms with Gasteiger partial charge in [0.05, 0.1) is 12.2 Å². The highest BCUT2D eigenvalue weighted by molar-refractivity contribution is 6.02. The molecule has 0 amide bonds. The summed E-state index contributed by atoms with van der Waals surface area (Å²) in [4.78, 5) is 11.4. The lowest BCUT2D eigenvalue weighted by atomic mass is 10.0. The van der Waals surface area contributed by atoms with Crippen molar-refractivity contribution >= 4 is 16.7 Å². The van der Waals surface area contributed by atoms with E-state index >= 15 is 0 Å². The zero-order chi connectivity index (χ0) is 17.0.